The van der Waals surface area contributed by atoms with Crippen LogP contribution in [-0.2, 0) is 14.3 Å². The van der Waals surface area contributed by atoms with Crippen molar-refractivity contribution in [3.8, 4) is 0 Å². The standard InChI is InChI=1S/C20H23N5O6/c1-3-31-20(27)14-8-10-24(11-9-14)18-16(25(28)29)17(21-12-22-18)23-15-6-4-13(5-7-15)19(26)30-2/h4-7,12,14H,3,8-11H2,1-2H3,(H,21,22,23). The molecule has 0 radical (unpaired) electrons. The lowest BCUT2D eigenvalue weighted by atomic mass is 9.97. The number of piperidine rings is 1. The Morgan fingerprint density at radius 3 is 2.48 bits per heavy atom. The highest BCUT2D eigenvalue weighted by Crippen LogP contribution is 2.35. The molecule has 31 heavy (non-hydrogen) atoms. The van der Waals surface area contributed by atoms with Crippen LogP contribution in [0.1, 0.15) is 30.1 Å². The van der Waals surface area contributed by atoms with E-state index in [0.717, 1.165) is 0 Å². The first-order valence-corrected chi connectivity index (χ1v) is 9.81. The first-order valence-electron chi connectivity index (χ1n) is 9.81. The van der Waals surface area contributed by atoms with Gasteiger partial charge in [-0.2, -0.15) is 0 Å². The smallest absolute Gasteiger partial charge is 0.353 e. The van der Waals surface area contributed by atoms with Crippen molar-refractivity contribution in [1.82, 2.24) is 9.97 Å². The number of benzene rings is 1. The van der Waals surface area contributed by atoms with Gasteiger partial charge in [0.05, 0.1) is 30.1 Å². The summed E-state index contributed by atoms with van der Waals surface area (Å²) in [7, 11) is 1.29. The van der Waals surface area contributed by atoms with Gasteiger partial charge in [-0.05, 0) is 44.0 Å². The minimum absolute atomic E-state index is 0.0355. The van der Waals surface area contributed by atoms with Crippen molar-refractivity contribution in [1.29, 1.82) is 0 Å². The number of nitrogens with one attached hydrogen (secondary N) is 1. The lowest BCUT2D eigenvalue weighted by Gasteiger charge is -2.31. The molecule has 0 bridgehead atoms. The molecule has 2 heterocycles. The SMILES string of the molecule is CCOC(=O)C1CCN(c2ncnc(Nc3ccc(C(=O)OC)cc3)c2[N+](=O)[O-])CC1. The number of carbonyl (C=O) groups is 2. The fraction of sp³-hybridized carbons (Fsp3) is 0.400. The van der Waals surface area contributed by atoms with Crippen LogP contribution in [0.25, 0.3) is 0 Å². The molecular formula is C20H23N5O6. The molecule has 0 unspecified atom stereocenters. The summed E-state index contributed by atoms with van der Waals surface area (Å²) >= 11 is 0. The van der Waals surface area contributed by atoms with Gasteiger partial charge in [0, 0.05) is 18.8 Å². The second-order valence-electron chi connectivity index (χ2n) is 6.86. The zero-order valence-electron chi connectivity index (χ0n) is 17.2. The molecule has 1 fully saturated rings. The van der Waals surface area contributed by atoms with Crippen LogP contribution in [0.15, 0.2) is 30.6 Å². The molecular weight excluding hydrogens is 406 g/mol. The van der Waals surface area contributed by atoms with Gasteiger partial charge in [0.1, 0.15) is 6.33 Å². The highest BCUT2D eigenvalue weighted by Gasteiger charge is 2.32. The van der Waals surface area contributed by atoms with E-state index in [2.05, 4.69) is 20.0 Å². The number of anilines is 3. The molecule has 1 saturated heterocycles. The molecule has 1 N–H and O–H groups in total. The number of hydrogen-bond donors (Lipinski definition) is 1. The Bertz CT molecular complexity index is 957. The number of nitrogens with zero attached hydrogens (tertiary/aromatic N) is 4. The normalized spacial score (nSPS) is 14.1. The largest absolute Gasteiger partial charge is 0.466 e. The number of ether oxygens (including phenoxy) is 2. The minimum atomic E-state index is -0.530. The maximum absolute atomic E-state index is 11.9. The summed E-state index contributed by atoms with van der Waals surface area (Å²) < 4.78 is 9.73. The summed E-state index contributed by atoms with van der Waals surface area (Å²) in [6.07, 6.45) is 2.31. The van der Waals surface area contributed by atoms with E-state index in [1.54, 1.807) is 36.1 Å². The highest BCUT2D eigenvalue weighted by molar-refractivity contribution is 5.90. The van der Waals surface area contributed by atoms with Crippen molar-refractivity contribution in [3.05, 3.63) is 46.3 Å². The molecule has 1 aliphatic heterocycles. The molecule has 0 saturated carbocycles. The molecule has 11 nitrogen and oxygen atoms in total. The summed E-state index contributed by atoms with van der Waals surface area (Å²) in [5.74, 6) is -0.711. The van der Waals surface area contributed by atoms with Crippen LogP contribution in [0, 0.1) is 16.0 Å². The average Bonchev–Trinajstić information content (AvgIpc) is 2.79. The van der Waals surface area contributed by atoms with E-state index >= 15 is 0 Å². The summed E-state index contributed by atoms with van der Waals surface area (Å²) in [5.41, 5.74) is 0.617. The average molecular weight is 429 g/mol. The number of hydrogen-bond acceptors (Lipinski definition) is 10. The summed E-state index contributed by atoms with van der Waals surface area (Å²) in [4.78, 5) is 44.8. The van der Waals surface area contributed by atoms with Gasteiger partial charge in [-0.25, -0.2) is 14.8 Å². The minimum Gasteiger partial charge on any atom is -0.466 e. The van der Waals surface area contributed by atoms with Gasteiger partial charge in [-0.1, -0.05) is 0 Å². The lowest BCUT2D eigenvalue weighted by Crippen LogP contribution is -2.37. The lowest BCUT2D eigenvalue weighted by molar-refractivity contribution is -0.383. The van der Waals surface area contributed by atoms with Crippen molar-refractivity contribution >= 4 is 34.9 Å². The van der Waals surface area contributed by atoms with E-state index in [1.165, 1.54) is 13.4 Å². The highest BCUT2D eigenvalue weighted by atomic mass is 16.6. The van der Waals surface area contributed by atoms with Crippen molar-refractivity contribution in [2.45, 2.75) is 19.8 Å². The Balaban J connectivity index is 1.80. The Hall–Kier alpha value is -3.76. The summed E-state index contributed by atoms with van der Waals surface area (Å²) in [6, 6.07) is 6.29. The van der Waals surface area contributed by atoms with Gasteiger partial charge in [-0.15, -0.1) is 0 Å². The monoisotopic (exact) mass is 429 g/mol. The quantitative estimate of drug-likeness (QED) is 0.397. The molecule has 1 aromatic heterocycles. The second-order valence-corrected chi connectivity index (χ2v) is 6.86. The van der Waals surface area contributed by atoms with E-state index in [0.29, 0.717) is 43.8 Å². The fourth-order valence-electron chi connectivity index (χ4n) is 3.39. The molecule has 1 aliphatic rings. The maximum atomic E-state index is 11.9. The van der Waals surface area contributed by atoms with E-state index < -0.39 is 10.9 Å². The molecule has 1 aromatic carbocycles. The van der Waals surface area contributed by atoms with E-state index in [4.69, 9.17) is 4.74 Å². The number of carbonyl (C=O) groups excluding carboxylic acids is 2. The molecule has 0 atom stereocenters. The molecule has 164 valence electrons. The second kappa shape index (κ2) is 9.83. The predicted molar refractivity (Wildman–Crippen MR) is 111 cm³/mol. The third kappa shape index (κ3) is 5.05. The maximum Gasteiger partial charge on any atom is 0.353 e. The molecule has 0 aliphatic carbocycles. The number of esters is 2. The van der Waals surface area contributed by atoms with Gasteiger partial charge in [0.25, 0.3) is 0 Å². The zero-order chi connectivity index (χ0) is 22.4. The van der Waals surface area contributed by atoms with Crippen molar-refractivity contribution in [3.63, 3.8) is 0 Å². The number of rotatable bonds is 7. The van der Waals surface area contributed by atoms with Crippen LogP contribution >= 0.6 is 0 Å². The summed E-state index contributed by atoms with van der Waals surface area (Å²) in [5, 5.41) is 14.8. The first kappa shape index (κ1) is 21.9. The van der Waals surface area contributed by atoms with Crippen LogP contribution in [0.5, 0.6) is 0 Å². The van der Waals surface area contributed by atoms with Gasteiger partial charge in [-0.3, -0.25) is 14.9 Å². The van der Waals surface area contributed by atoms with Gasteiger partial charge < -0.3 is 19.7 Å². The van der Waals surface area contributed by atoms with Crippen LogP contribution in [0.2, 0.25) is 0 Å². The van der Waals surface area contributed by atoms with E-state index in [1.807, 2.05) is 0 Å². The third-order valence-corrected chi connectivity index (χ3v) is 4.97. The van der Waals surface area contributed by atoms with Crippen molar-refractivity contribution in [2.75, 3.05) is 37.0 Å². The Morgan fingerprint density at radius 2 is 1.90 bits per heavy atom. The molecule has 3 rings (SSSR count). The fourth-order valence-corrected chi connectivity index (χ4v) is 3.39. The van der Waals surface area contributed by atoms with E-state index in [9.17, 15) is 19.7 Å². The van der Waals surface area contributed by atoms with E-state index in [-0.39, 0.29) is 29.2 Å². The van der Waals surface area contributed by atoms with Crippen LogP contribution in [0.4, 0.5) is 23.0 Å². The molecule has 0 amide bonds. The molecule has 0 spiro atoms. The number of methoxy groups -OCH3 is 1. The van der Waals surface area contributed by atoms with Gasteiger partial charge in [0.15, 0.2) is 0 Å². The Kier molecular flexibility index (Phi) is 6.96. The summed E-state index contributed by atoms with van der Waals surface area (Å²) in [6.45, 7) is 2.96. The van der Waals surface area contributed by atoms with Crippen LogP contribution < -0.4 is 10.2 Å². The van der Waals surface area contributed by atoms with Crippen LogP contribution in [0.3, 0.4) is 0 Å². The first-order chi connectivity index (χ1) is 14.9. The molecule has 2 aromatic rings. The molecule has 11 heteroatoms. The van der Waals surface area contributed by atoms with Crippen molar-refractivity contribution in [2.24, 2.45) is 5.92 Å². The van der Waals surface area contributed by atoms with Crippen LogP contribution in [-0.4, -0.2) is 53.6 Å². The third-order valence-electron chi connectivity index (χ3n) is 4.97. The van der Waals surface area contributed by atoms with Crippen molar-refractivity contribution < 1.29 is 24.0 Å². The zero-order valence-corrected chi connectivity index (χ0v) is 17.2. The Labute approximate surface area is 178 Å². The predicted octanol–water partition coefficient (Wildman–Crippen LogP) is 2.69. The van der Waals surface area contributed by atoms with Gasteiger partial charge in [0.2, 0.25) is 11.6 Å². The van der Waals surface area contributed by atoms with Gasteiger partial charge >= 0.3 is 17.6 Å². The number of nitro groups is 1. The topological polar surface area (TPSA) is 137 Å². The number of aromatic nitrogens is 2. The Morgan fingerprint density at radius 1 is 1.23 bits per heavy atom.